The van der Waals surface area contributed by atoms with Gasteiger partial charge in [-0.25, -0.2) is 0 Å². The number of carbonyl (C=O) groups excluding carboxylic acids is 1. The predicted molar refractivity (Wildman–Crippen MR) is 65.0 cm³/mol. The fourth-order valence-corrected chi connectivity index (χ4v) is 1.35. The van der Waals surface area contributed by atoms with E-state index in [2.05, 4.69) is 0 Å². The summed E-state index contributed by atoms with van der Waals surface area (Å²) in [4.78, 5) is 11.4. The number of unbranched alkanes of at least 4 members (excludes halogenated alkanes) is 2. The third-order valence-electron chi connectivity index (χ3n) is 2.27. The molecule has 90 valence electrons. The standard InChI is InChI=1S/C13H16N2O2/c14-8-2-1-3-9-17-13(16)10-11-4-6-12(15)7-5-11/h4-7H,1-3,9-10,15H2. The van der Waals surface area contributed by atoms with E-state index in [1.807, 2.05) is 18.2 Å². The maximum atomic E-state index is 11.4. The number of hydrogen-bond donors (Lipinski definition) is 1. The average molecular weight is 232 g/mol. The minimum absolute atomic E-state index is 0.244. The van der Waals surface area contributed by atoms with Gasteiger partial charge in [0.25, 0.3) is 0 Å². The van der Waals surface area contributed by atoms with Gasteiger partial charge >= 0.3 is 5.97 Å². The molecule has 0 aliphatic rings. The second-order valence-electron chi connectivity index (χ2n) is 3.75. The van der Waals surface area contributed by atoms with Crippen LogP contribution in [0.3, 0.4) is 0 Å². The maximum Gasteiger partial charge on any atom is 0.310 e. The number of nitrogens with zero attached hydrogens (tertiary/aromatic N) is 1. The van der Waals surface area contributed by atoms with Crippen molar-refractivity contribution in [3.8, 4) is 6.07 Å². The molecule has 0 atom stereocenters. The lowest BCUT2D eigenvalue weighted by Gasteiger charge is -2.04. The van der Waals surface area contributed by atoms with Gasteiger partial charge < -0.3 is 10.5 Å². The van der Waals surface area contributed by atoms with Crippen molar-refractivity contribution < 1.29 is 9.53 Å². The lowest BCUT2D eigenvalue weighted by atomic mass is 10.1. The molecule has 0 amide bonds. The van der Waals surface area contributed by atoms with Crippen LogP contribution >= 0.6 is 0 Å². The van der Waals surface area contributed by atoms with Crippen molar-refractivity contribution in [2.45, 2.75) is 25.7 Å². The quantitative estimate of drug-likeness (QED) is 0.462. The van der Waals surface area contributed by atoms with E-state index in [0.29, 0.717) is 18.7 Å². The number of carbonyl (C=O) groups is 1. The normalized spacial score (nSPS) is 9.59. The molecule has 0 fully saturated rings. The summed E-state index contributed by atoms with van der Waals surface area (Å²) in [6.07, 6.45) is 2.28. The Labute approximate surface area is 101 Å². The Morgan fingerprint density at radius 3 is 2.65 bits per heavy atom. The Kier molecular flexibility index (Phi) is 5.59. The SMILES string of the molecule is N#CCCCCOC(=O)Cc1ccc(N)cc1. The molecular formula is C13H16N2O2. The first-order chi connectivity index (χ1) is 8.22. The van der Waals surface area contributed by atoms with Gasteiger partial charge in [0.1, 0.15) is 0 Å². The van der Waals surface area contributed by atoms with Crippen molar-refractivity contribution in [1.29, 1.82) is 5.26 Å². The molecule has 0 unspecified atom stereocenters. The number of ether oxygens (including phenoxy) is 1. The molecule has 0 spiro atoms. The molecular weight excluding hydrogens is 216 g/mol. The Morgan fingerprint density at radius 2 is 2.00 bits per heavy atom. The van der Waals surface area contributed by atoms with Gasteiger partial charge in [-0.1, -0.05) is 12.1 Å². The van der Waals surface area contributed by atoms with Crippen molar-refractivity contribution >= 4 is 11.7 Å². The summed E-state index contributed by atoms with van der Waals surface area (Å²) in [7, 11) is 0. The number of anilines is 1. The number of nitriles is 1. The van der Waals surface area contributed by atoms with Gasteiger partial charge in [-0.3, -0.25) is 4.79 Å². The predicted octanol–water partition coefficient (Wildman–Crippen LogP) is 2.05. The Hall–Kier alpha value is -2.02. The molecule has 1 rings (SSSR count). The van der Waals surface area contributed by atoms with Crippen molar-refractivity contribution in [1.82, 2.24) is 0 Å². The molecule has 4 nitrogen and oxygen atoms in total. The van der Waals surface area contributed by atoms with Crippen LogP contribution in [-0.2, 0) is 16.0 Å². The molecule has 0 aromatic heterocycles. The Morgan fingerprint density at radius 1 is 1.29 bits per heavy atom. The minimum atomic E-state index is -0.244. The molecule has 17 heavy (non-hydrogen) atoms. The second-order valence-corrected chi connectivity index (χ2v) is 3.75. The smallest absolute Gasteiger partial charge is 0.310 e. The molecule has 0 bridgehead atoms. The van der Waals surface area contributed by atoms with Gasteiger partial charge in [-0.2, -0.15) is 5.26 Å². The lowest BCUT2D eigenvalue weighted by molar-refractivity contribution is -0.142. The van der Waals surface area contributed by atoms with Crippen LogP contribution in [-0.4, -0.2) is 12.6 Å². The van der Waals surface area contributed by atoms with Gasteiger partial charge in [0.05, 0.1) is 19.1 Å². The van der Waals surface area contributed by atoms with E-state index in [-0.39, 0.29) is 12.4 Å². The first kappa shape index (κ1) is 13.0. The second kappa shape index (κ2) is 7.29. The van der Waals surface area contributed by atoms with Crippen LogP contribution in [0.1, 0.15) is 24.8 Å². The van der Waals surface area contributed by atoms with Crippen LogP contribution in [0.5, 0.6) is 0 Å². The third-order valence-corrected chi connectivity index (χ3v) is 2.27. The summed E-state index contributed by atoms with van der Waals surface area (Å²) in [6, 6.07) is 9.19. The van der Waals surface area contributed by atoms with Crippen LogP contribution in [0.4, 0.5) is 5.69 Å². The molecule has 2 N–H and O–H groups in total. The number of rotatable bonds is 6. The van der Waals surface area contributed by atoms with Gasteiger partial charge in [0.2, 0.25) is 0 Å². The maximum absolute atomic E-state index is 11.4. The molecule has 0 aliphatic heterocycles. The highest BCUT2D eigenvalue weighted by Gasteiger charge is 2.04. The van der Waals surface area contributed by atoms with Crippen LogP contribution in [0.2, 0.25) is 0 Å². The van der Waals surface area contributed by atoms with Crippen molar-refractivity contribution in [3.05, 3.63) is 29.8 Å². The topological polar surface area (TPSA) is 76.1 Å². The third kappa shape index (κ3) is 5.57. The van der Waals surface area contributed by atoms with Gasteiger partial charge in [0.15, 0.2) is 0 Å². The summed E-state index contributed by atoms with van der Waals surface area (Å²) in [5.74, 6) is -0.244. The van der Waals surface area contributed by atoms with E-state index in [1.54, 1.807) is 12.1 Å². The van der Waals surface area contributed by atoms with Gasteiger partial charge in [-0.05, 0) is 30.5 Å². The summed E-state index contributed by atoms with van der Waals surface area (Å²) in [5, 5.41) is 8.32. The number of nitrogen functional groups attached to an aromatic ring is 1. The molecule has 0 heterocycles. The zero-order valence-corrected chi connectivity index (χ0v) is 9.69. The van der Waals surface area contributed by atoms with Crippen LogP contribution in [0.25, 0.3) is 0 Å². The Bertz CT molecular complexity index is 393. The van der Waals surface area contributed by atoms with E-state index in [4.69, 9.17) is 15.7 Å². The fraction of sp³-hybridized carbons (Fsp3) is 0.385. The van der Waals surface area contributed by atoms with Crippen LogP contribution in [0.15, 0.2) is 24.3 Å². The molecule has 0 saturated carbocycles. The van der Waals surface area contributed by atoms with E-state index >= 15 is 0 Å². The van der Waals surface area contributed by atoms with E-state index in [0.717, 1.165) is 18.4 Å². The molecule has 0 saturated heterocycles. The summed E-state index contributed by atoms with van der Waals surface area (Å²) >= 11 is 0. The Balaban J connectivity index is 2.21. The number of benzene rings is 1. The largest absolute Gasteiger partial charge is 0.465 e. The fourth-order valence-electron chi connectivity index (χ4n) is 1.35. The summed E-state index contributed by atoms with van der Waals surface area (Å²) < 4.78 is 5.04. The first-order valence-electron chi connectivity index (χ1n) is 5.59. The zero-order chi connectivity index (χ0) is 12.5. The highest BCUT2D eigenvalue weighted by atomic mass is 16.5. The van der Waals surface area contributed by atoms with E-state index < -0.39 is 0 Å². The van der Waals surface area contributed by atoms with E-state index in [9.17, 15) is 4.79 Å². The zero-order valence-electron chi connectivity index (χ0n) is 9.69. The first-order valence-corrected chi connectivity index (χ1v) is 5.59. The van der Waals surface area contributed by atoms with Crippen molar-refractivity contribution in [2.24, 2.45) is 0 Å². The van der Waals surface area contributed by atoms with Crippen LogP contribution < -0.4 is 5.73 Å². The number of hydrogen-bond acceptors (Lipinski definition) is 4. The molecule has 0 radical (unpaired) electrons. The van der Waals surface area contributed by atoms with Gasteiger partial charge in [0, 0.05) is 12.1 Å². The summed E-state index contributed by atoms with van der Waals surface area (Å²) in [5.41, 5.74) is 7.11. The van der Waals surface area contributed by atoms with Crippen LogP contribution in [0, 0.1) is 11.3 Å². The summed E-state index contributed by atoms with van der Waals surface area (Å²) in [6.45, 7) is 0.384. The average Bonchev–Trinajstić information content (AvgIpc) is 2.32. The van der Waals surface area contributed by atoms with E-state index in [1.165, 1.54) is 0 Å². The molecule has 0 aliphatic carbocycles. The molecule has 4 heteroatoms. The van der Waals surface area contributed by atoms with Crippen molar-refractivity contribution in [2.75, 3.05) is 12.3 Å². The lowest BCUT2D eigenvalue weighted by Crippen LogP contribution is -2.09. The molecule has 1 aromatic rings. The number of nitrogens with two attached hydrogens (primary N) is 1. The number of esters is 1. The highest BCUT2D eigenvalue weighted by molar-refractivity contribution is 5.72. The highest BCUT2D eigenvalue weighted by Crippen LogP contribution is 2.07. The monoisotopic (exact) mass is 232 g/mol. The molecule has 1 aromatic carbocycles. The van der Waals surface area contributed by atoms with Gasteiger partial charge in [-0.15, -0.1) is 0 Å². The minimum Gasteiger partial charge on any atom is -0.465 e. The van der Waals surface area contributed by atoms with Crippen molar-refractivity contribution in [3.63, 3.8) is 0 Å².